The Morgan fingerprint density at radius 3 is 2.74 bits per heavy atom. The molecule has 1 N–H and O–H groups in total. The molecular formula is C16H32N2S. The number of hydrogen-bond acceptors (Lipinski definition) is 3. The summed E-state index contributed by atoms with van der Waals surface area (Å²) in [4.78, 5) is 2.76. The van der Waals surface area contributed by atoms with Gasteiger partial charge in [-0.2, -0.15) is 11.8 Å². The number of thioether (sulfide) groups is 1. The summed E-state index contributed by atoms with van der Waals surface area (Å²) >= 11 is 2.15. The normalized spacial score (nSPS) is 41.4. The second-order valence-electron chi connectivity index (χ2n) is 6.65. The summed E-state index contributed by atoms with van der Waals surface area (Å²) in [6.07, 6.45) is 4.21. The van der Waals surface area contributed by atoms with E-state index in [-0.39, 0.29) is 0 Å². The Morgan fingerprint density at radius 2 is 2.00 bits per heavy atom. The smallest absolute Gasteiger partial charge is 0.0184 e. The molecule has 1 aliphatic heterocycles. The molecule has 19 heavy (non-hydrogen) atoms. The van der Waals surface area contributed by atoms with Crippen LogP contribution in [0.5, 0.6) is 0 Å². The molecule has 1 saturated heterocycles. The molecule has 0 amide bonds. The molecule has 1 aliphatic carbocycles. The van der Waals surface area contributed by atoms with Crippen LogP contribution in [-0.2, 0) is 0 Å². The van der Waals surface area contributed by atoms with Crippen molar-refractivity contribution < 1.29 is 0 Å². The lowest BCUT2D eigenvalue weighted by Crippen LogP contribution is -2.51. The van der Waals surface area contributed by atoms with Crippen LogP contribution in [0.2, 0.25) is 0 Å². The molecule has 0 aromatic heterocycles. The first kappa shape index (κ1) is 15.7. The third kappa shape index (κ3) is 4.12. The third-order valence-electron chi connectivity index (χ3n) is 5.19. The van der Waals surface area contributed by atoms with Gasteiger partial charge in [0.1, 0.15) is 0 Å². The van der Waals surface area contributed by atoms with Crippen molar-refractivity contribution in [3.05, 3.63) is 0 Å². The zero-order chi connectivity index (χ0) is 13.8. The Morgan fingerprint density at radius 1 is 1.21 bits per heavy atom. The maximum absolute atomic E-state index is 3.74. The lowest BCUT2D eigenvalue weighted by atomic mass is 9.78. The molecule has 1 heterocycles. The predicted octanol–water partition coefficient (Wildman–Crippen LogP) is 3.23. The molecule has 3 heteroatoms. The maximum atomic E-state index is 3.74. The first-order chi connectivity index (χ1) is 9.11. The van der Waals surface area contributed by atoms with Crippen LogP contribution in [0.3, 0.4) is 0 Å². The molecule has 2 aliphatic rings. The molecule has 0 bridgehead atoms. The van der Waals surface area contributed by atoms with E-state index >= 15 is 0 Å². The average Bonchev–Trinajstić information content (AvgIpc) is 2.38. The molecule has 1 saturated carbocycles. The number of nitrogens with one attached hydrogen (secondary N) is 1. The fraction of sp³-hybridized carbons (Fsp3) is 1.00. The van der Waals surface area contributed by atoms with Gasteiger partial charge in [-0.25, -0.2) is 0 Å². The highest BCUT2D eigenvalue weighted by molar-refractivity contribution is 8.00. The second-order valence-corrected chi connectivity index (χ2v) is 8.14. The SMILES string of the molecule is CCNC1CCC(C)CC1CN1CCSC(C)C1C. The topological polar surface area (TPSA) is 15.3 Å². The highest BCUT2D eigenvalue weighted by atomic mass is 32.2. The summed E-state index contributed by atoms with van der Waals surface area (Å²) in [7, 11) is 0. The van der Waals surface area contributed by atoms with Gasteiger partial charge in [-0.05, 0) is 44.6 Å². The van der Waals surface area contributed by atoms with Crippen LogP contribution in [0.1, 0.15) is 47.0 Å². The van der Waals surface area contributed by atoms with Gasteiger partial charge >= 0.3 is 0 Å². The van der Waals surface area contributed by atoms with E-state index in [9.17, 15) is 0 Å². The Kier molecular flexibility index (Phi) is 6.04. The molecule has 112 valence electrons. The van der Waals surface area contributed by atoms with Crippen molar-refractivity contribution in [2.45, 2.75) is 64.3 Å². The Bertz CT molecular complexity index is 271. The Balaban J connectivity index is 1.93. The van der Waals surface area contributed by atoms with E-state index in [4.69, 9.17) is 0 Å². The van der Waals surface area contributed by atoms with Crippen molar-refractivity contribution in [2.24, 2.45) is 11.8 Å². The van der Waals surface area contributed by atoms with Crippen molar-refractivity contribution >= 4 is 11.8 Å². The van der Waals surface area contributed by atoms with E-state index in [2.05, 4.69) is 49.7 Å². The molecule has 0 aromatic rings. The van der Waals surface area contributed by atoms with Crippen LogP contribution in [0.25, 0.3) is 0 Å². The van der Waals surface area contributed by atoms with E-state index < -0.39 is 0 Å². The third-order valence-corrected chi connectivity index (χ3v) is 6.53. The van der Waals surface area contributed by atoms with Crippen LogP contribution in [0.15, 0.2) is 0 Å². The van der Waals surface area contributed by atoms with Gasteiger partial charge in [-0.1, -0.05) is 20.8 Å². The summed E-state index contributed by atoms with van der Waals surface area (Å²) < 4.78 is 0. The van der Waals surface area contributed by atoms with Crippen LogP contribution < -0.4 is 5.32 Å². The number of rotatable bonds is 4. The van der Waals surface area contributed by atoms with Crippen molar-refractivity contribution in [2.75, 3.05) is 25.4 Å². The van der Waals surface area contributed by atoms with E-state index in [0.29, 0.717) is 0 Å². The predicted molar refractivity (Wildman–Crippen MR) is 86.9 cm³/mol. The van der Waals surface area contributed by atoms with Crippen LogP contribution in [0.4, 0.5) is 0 Å². The first-order valence-electron chi connectivity index (χ1n) is 8.20. The van der Waals surface area contributed by atoms with Crippen LogP contribution >= 0.6 is 11.8 Å². The fourth-order valence-corrected chi connectivity index (χ4v) is 4.95. The molecule has 0 radical (unpaired) electrons. The van der Waals surface area contributed by atoms with Crippen molar-refractivity contribution in [1.29, 1.82) is 0 Å². The summed E-state index contributed by atoms with van der Waals surface area (Å²) in [5.41, 5.74) is 0. The average molecular weight is 285 g/mol. The van der Waals surface area contributed by atoms with Crippen LogP contribution in [-0.4, -0.2) is 47.6 Å². The second kappa shape index (κ2) is 7.33. The molecule has 5 atom stereocenters. The number of nitrogens with zero attached hydrogens (tertiary/aromatic N) is 1. The molecule has 2 nitrogen and oxygen atoms in total. The van der Waals surface area contributed by atoms with Gasteiger partial charge in [0.05, 0.1) is 0 Å². The van der Waals surface area contributed by atoms with E-state index in [1.54, 1.807) is 0 Å². The minimum atomic E-state index is 0.748. The zero-order valence-electron chi connectivity index (χ0n) is 13.2. The Labute approximate surface area is 124 Å². The van der Waals surface area contributed by atoms with Gasteiger partial charge in [0.2, 0.25) is 0 Å². The van der Waals surface area contributed by atoms with E-state index in [0.717, 1.165) is 35.7 Å². The largest absolute Gasteiger partial charge is 0.314 e. The standard InChI is InChI=1S/C16H32N2S/c1-5-17-16-7-6-12(2)10-15(16)11-18-8-9-19-14(4)13(18)3/h12-17H,5-11H2,1-4H3. The quantitative estimate of drug-likeness (QED) is 0.853. The Hall–Kier alpha value is 0.270. The lowest BCUT2D eigenvalue weighted by Gasteiger charge is -2.43. The number of hydrogen-bond donors (Lipinski definition) is 1. The van der Waals surface area contributed by atoms with Crippen molar-refractivity contribution in [3.8, 4) is 0 Å². The van der Waals surface area contributed by atoms with Gasteiger partial charge in [-0.15, -0.1) is 0 Å². The van der Waals surface area contributed by atoms with Gasteiger partial charge in [0, 0.05) is 36.2 Å². The maximum Gasteiger partial charge on any atom is 0.0184 e. The van der Waals surface area contributed by atoms with Gasteiger partial charge in [0.15, 0.2) is 0 Å². The van der Waals surface area contributed by atoms with E-state index in [1.165, 1.54) is 38.1 Å². The molecule has 2 fully saturated rings. The molecular weight excluding hydrogens is 252 g/mol. The van der Waals surface area contributed by atoms with Gasteiger partial charge < -0.3 is 5.32 Å². The van der Waals surface area contributed by atoms with Crippen LogP contribution in [0, 0.1) is 11.8 Å². The monoisotopic (exact) mass is 284 g/mol. The minimum Gasteiger partial charge on any atom is -0.314 e. The zero-order valence-corrected chi connectivity index (χ0v) is 14.0. The minimum absolute atomic E-state index is 0.748. The van der Waals surface area contributed by atoms with E-state index in [1.807, 2.05) is 0 Å². The molecule has 2 rings (SSSR count). The summed E-state index contributed by atoms with van der Waals surface area (Å²) in [6, 6.07) is 1.51. The van der Waals surface area contributed by atoms with Gasteiger partial charge in [-0.3, -0.25) is 4.90 Å². The summed E-state index contributed by atoms with van der Waals surface area (Å²) in [6.45, 7) is 13.2. The highest BCUT2D eigenvalue weighted by Gasteiger charge is 2.32. The summed E-state index contributed by atoms with van der Waals surface area (Å²) in [5.74, 6) is 3.10. The summed E-state index contributed by atoms with van der Waals surface area (Å²) in [5, 5.41) is 4.54. The lowest BCUT2D eigenvalue weighted by molar-refractivity contribution is 0.121. The van der Waals surface area contributed by atoms with Gasteiger partial charge in [0.25, 0.3) is 0 Å². The highest BCUT2D eigenvalue weighted by Crippen LogP contribution is 2.32. The molecule has 0 spiro atoms. The van der Waals surface area contributed by atoms with Crippen molar-refractivity contribution in [1.82, 2.24) is 10.2 Å². The molecule has 0 aromatic carbocycles. The van der Waals surface area contributed by atoms with Crippen molar-refractivity contribution in [3.63, 3.8) is 0 Å². The fourth-order valence-electron chi connectivity index (χ4n) is 3.79. The first-order valence-corrected chi connectivity index (χ1v) is 9.25. The molecule has 5 unspecified atom stereocenters.